The molecule has 6 heteroatoms. The summed E-state index contributed by atoms with van der Waals surface area (Å²) in [5.74, 6) is -0.0404. The van der Waals surface area contributed by atoms with Crippen molar-refractivity contribution in [3.63, 3.8) is 0 Å². The van der Waals surface area contributed by atoms with Crippen LogP contribution in [0.1, 0.15) is 10.6 Å². The van der Waals surface area contributed by atoms with E-state index in [-0.39, 0.29) is 17.0 Å². The maximum absolute atomic E-state index is 13.1. The predicted molar refractivity (Wildman–Crippen MR) is 107 cm³/mol. The molecule has 0 saturated carbocycles. The van der Waals surface area contributed by atoms with Crippen LogP contribution in [0.3, 0.4) is 0 Å². The van der Waals surface area contributed by atoms with Gasteiger partial charge in [0, 0.05) is 11.8 Å². The Hall–Kier alpha value is -2.89. The van der Waals surface area contributed by atoms with Gasteiger partial charge in [-0.3, -0.25) is 9.36 Å². The van der Waals surface area contributed by atoms with Crippen LogP contribution in [0.2, 0.25) is 4.34 Å². The zero-order chi connectivity index (χ0) is 18.1. The quantitative estimate of drug-likeness (QED) is 0.499. The van der Waals surface area contributed by atoms with Crippen molar-refractivity contribution in [3.05, 3.63) is 92.0 Å². The van der Waals surface area contributed by atoms with Crippen molar-refractivity contribution in [3.8, 4) is 5.69 Å². The Morgan fingerprint density at radius 1 is 1.04 bits per heavy atom. The number of aliphatic hydroxyl groups is 1. The normalized spacial score (nSPS) is 11.8. The third-order valence-corrected chi connectivity index (χ3v) is 5.15. The van der Waals surface area contributed by atoms with Crippen molar-refractivity contribution in [1.82, 2.24) is 9.55 Å². The molecule has 0 bridgehead atoms. The average Bonchev–Trinajstić information content (AvgIpc) is 3.10. The second-order valence-corrected chi connectivity index (χ2v) is 7.31. The summed E-state index contributed by atoms with van der Waals surface area (Å²) in [7, 11) is 0. The van der Waals surface area contributed by atoms with Gasteiger partial charge in [0.2, 0.25) is 0 Å². The lowest BCUT2D eigenvalue weighted by atomic mass is 10.2. The molecule has 2 aromatic carbocycles. The molecule has 4 aromatic rings. The molecule has 4 rings (SSSR count). The summed E-state index contributed by atoms with van der Waals surface area (Å²) < 4.78 is 2.16. The minimum atomic E-state index is -0.302. The van der Waals surface area contributed by atoms with E-state index < -0.39 is 0 Å². The van der Waals surface area contributed by atoms with Crippen LogP contribution in [0.4, 0.5) is 0 Å². The molecule has 0 saturated heterocycles. The van der Waals surface area contributed by atoms with Crippen LogP contribution < -0.4 is 5.56 Å². The fraction of sp³-hybridized carbons (Fsp3) is 0. The smallest absolute Gasteiger partial charge is 0.281 e. The Morgan fingerprint density at radius 2 is 1.77 bits per heavy atom. The van der Waals surface area contributed by atoms with Crippen LogP contribution in [-0.4, -0.2) is 14.7 Å². The van der Waals surface area contributed by atoms with Gasteiger partial charge in [0.1, 0.15) is 11.5 Å². The summed E-state index contributed by atoms with van der Waals surface area (Å²) in [6, 6.07) is 20.2. The zero-order valence-electron chi connectivity index (χ0n) is 13.5. The van der Waals surface area contributed by atoms with Gasteiger partial charge >= 0.3 is 0 Å². The molecule has 0 aliphatic rings. The van der Waals surface area contributed by atoms with Crippen molar-refractivity contribution in [2.24, 2.45) is 0 Å². The molecule has 0 radical (unpaired) electrons. The highest BCUT2D eigenvalue weighted by molar-refractivity contribution is 7.17. The number of hydrogen-bond acceptors (Lipinski definition) is 4. The van der Waals surface area contributed by atoms with Crippen LogP contribution in [0.25, 0.3) is 28.6 Å². The summed E-state index contributed by atoms with van der Waals surface area (Å²) in [5, 5.41) is 10.4. The molecular weight excluding hydrogens is 368 g/mol. The van der Waals surface area contributed by atoms with Crippen molar-refractivity contribution < 1.29 is 5.11 Å². The Kier molecular flexibility index (Phi) is 4.32. The fourth-order valence-corrected chi connectivity index (χ4v) is 3.69. The van der Waals surface area contributed by atoms with Gasteiger partial charge in [-0.2, -0.15) is 0 Å². The number of aliphatic hydroxyl groups excluding tert-OH is 1. The average molecular weight is 381 g/mol. The summed E-state index contributed by atoms with van der Waals surface area (Å²) in [6.45, 7) is 0. The Bertz CT molecular complexity index is 1180. The summed E-state index contributed by atoms with van der Waals surface area (Å²) in [5.41, 5.74) is 1.97. The largest absolute Gasteiger partial charge is 0.506 e. The molecule has 0 aliphatic heterocycles. The maximum Gasteiger partial charge on any atom is 0.281 e. The van der Waals surface area contributed by atoms with E-state index in [1.165, 1.54) is 17.4 Å². The van der Waals surface area contributed by atoms with E-state index in [9.17, 15) is 9.90 Å². The number of benzene rings is 2. The van der Waals surface area contributed by atoms with Crippen molar-refractivity contribution in [2.75, 3.05) is 0 Å². The SMILES string of the molecule is O=c1c(/C=C(\O)c2ccc(Cl)s2)nc2ccccc2n1-c1ccccc1. The molecule has 0 unspecified atom stereocenters. The molecule has 26 heavy (non-hydrogen) atoms. The van der Waals surface area contributed by atoms with E-state index in [1.54, 1.807) is 16.7 Å². The second kappa shape index (κ2) is 6.78. The van der Waals surface area contributed by atoms with Gasteiger partial charge in [0.05, 0.1) is 20.2 Å². The number of aromatic nitrogens is 2. The van der Waals surface area contributed by atoms with Gasteiger partial charge in [-0.25, -0.2) is 4.98 Å². The lowest BCUT2D eigenvalue weighted by Gasteiger charge is -2.11. The molecule has 2 aromatic heterocycles. The highest BCUT2D eigenvalue weighted by atomic mass is 35.5. The standard InChI is InChI=1S/C20H13ClN2O2S/c21-19-11-10-18(26-19)17(24)12-15-20(25)23(13-6-2-1-3-7-13)16-9-5-4-8-14(16)22-15/h1-12,24H/b17-12-. The maximum atomic E-state index is 13.1. The van der Waals surface area contributed by atoms with E-state index >= 15 is 0 Å². The number of thiophene rings is 1. The molecule has 1 N–H and O–H groups in total. The Labute approximate surface area is 158 Å². The first-order chi connectivity index (χ1) is 12.6. The van der Waals surface area contributed by atoms with E-state index in [1.807, 2.05) is 54.6 Å². The first-order valence-electron chi connectivity index (χ1n) is 7.87. The van der Waals surface area contributed by atoms with Crippen molar-refractivity contribution >= 4 is 45.8 Å². The molecule has 0 fully saturated rings. The van der Waals surface area contributed by atoms with E-state index in [0.717, 1.165) is 5.69 Å². The van der Waals surface area contributed by atoms with Crippen LogP contribution in [-0.2, 0) is 0 Å². The van der Waals surface area contributed by atoms with Crippen LogP contribution in [0.5, 0.6) is 0 Å². The summed E-state index contributed by atoms with van der Waals surface area (Å²) >= 11 is 7.16. The number of hydrogen-bond donors (Lipinski definition) is 1. The monoisotopic (exact) mass is 380 g/mol. The van der Waals surface area contributed by atoms with Crippen LogP contribution in [0, 0.1) is 0 Å². The highest BCUT2D eigenvalue weighted by Crippen LogP contribution is 2.27. The first kappa shape index (κ1) is 16.6. The topological polar surface area (TPSA) is 55.1 Å². The minimum absolute atomic E-state index is 0.0404. The zero-order valence-corrected chi connectivity index (χ0v) is 15.0. The molecule has 2 heterocycles. The highest BCUT2D eigenvalue weighted by Gasteiger charge is 2.12. The lowest BCUT2D eigenvalue weighted by Crippen LogP contribution is -2.22. The van der Waals surface area contributed by atoms with Crippen LogP contribution >= 0.6 is 22.9 Å². The van der Waals surface area contributed by atoms with Gasteiger partial charge in [-0.05, 0) is 36.4 Å². The Morgan fingerprint density at radius 3 is 2.50 bits per heavy atom. The van der Waals surface area contributed by atoms with Gasteiger partial charge in [0.25, 0.3) is 5.56 Å². The third-order valence-electron chi connectivity index (χ3n) is 3.90. The van der Waals surface area contributed by atoms with Crippen molar-refractivity contribution in [2.45, 2.75) is 0 Å². The van der Waals surface area contributed by atoms with Gasteiger partial charge in [-0.1, -0.05) is 41.9 Å². The first-order valence-corrected chi connectivity index (χ1v) is 9.06. The van der Waals surface area contributed by atoms with E-state index in [4.69, 9.17) is 11.6 Å². The molecule has 0 amide bonds. The van der Waals surface area contributed by atoms with Gasteiger partial charge < -0.3 is 5.11 Å². The molecule has 0 atom stereocenters. The van der Waals surface area contributed by atoms with Gasteiger partial charge in [-0.15, -0.1) is 11.3 Å². The number of para-hydroxylation sites is 3. The third kappa shape index (κ3) is 3.03. The molecular formula is C20H13ClN2O2S. The van der Waals surface area contributed by atoms with E-state index in [0.29, 0.717) is 20.2 Å². The minimum Gasteiger partial charge on any atom is -0.506 e. The Balaban J connectivity index is 1.97. The number of rotatable bonds is 3. The predicted octanol–water partition coefficient (Wildman–Crippen LogP) is 5.16. The fourth-order valence-electron chi connectivity index (χ4n) is 2.73. The van der Waals surface area contributed by atoms with E-state index in [2.05, 4.69) is 4.98 Å². The number of halogens is 1. The number of nitrogens with zero attached hydrogens (tertiary/aromatic N) is 2. The lowest BCUT2D eigenvalue weighted by molar-refractivity contribution is 0.517. The molecule has 4 nitrogen and oxygen atoms in total. The molecule has 128 valence electrons. The van der Waals surface area contributed by atoms with Crippen molar-refractivity contribution in [1.29, 1.82) is 0 Å². The number of fused-ring (bicyclic) bond motifs is 1. The summed E-state index contributed by atoms with van der Waals surface area (Å²) in [6.07, 6.45) is 1.39. The van der Waals surface area contributed by atoms with Gasteiger partial charge in [0.15, 0.2) is 0 Å². The van der Waals surface area contributed by atoms with Crippen LogP contribution in [0.15, 0.2) is 71.5 Å². The molecule has 0 spiro atoms. The second-order valence-electron chi connectivity index (χ2n) is 5.60. The summed E-state index contributed by atoms with van der Waals surface area (Å²) in [4.78, 5) is 18.1. The molecule has 0 aliphatic carbocycles.